The summed E-state index contributed by atoms with van der Waals surface area (Å²) >= 11 is 0. The van der Waals surface area contributed by atoms with Crippen molar-refractivity contribution in [2.24, 2.45) is 5.92 Å². The van der Waals surface area contributed by atoms with E-state index in [1.54, 1.807) is 0 Å². The first-order valence-corrected chi connectivity index (χ1v) is 6.13. The van der Waals surface area contributed by atoms with Gasteiger partial charge in [0.25, 0.3) is 0 Å². The molecule has 1 unspecified atom stereocenters. The van der Waals surface area contributed by atoms with Crippen LogP contribution in [0.4, 0.5) is 5.69 Å². The Morgan fingerprint density at radius 2 is 2.12 bits per heavy atom. The highest BCUT2D eigenvalue weighted by Gasteiger charge is 2.21. The number of hydrogen-bond acceptors (Lipinski definition) is 1. The number of rotatable bonds is 3. The molecule has 1 heteroatoms. The first kappa shape index (κ1) is 11.1. The van der Waals surface area contributed by atoms with Crippen molar-refractivity contribution in [3.8, 4) is 12.3 Å². The van der Waals surface area contributed by atoms with Crippen molar-refractivity contribution < 1.29 is 0 Å². The molecule has 1 fully saturated rings. The van der Waals surface area contributed by atoms with Crippen molar-refractivity contribution in [3.05, 3.63) is 29.8 Å². The van der Waals surface area contributed by atoms with Gasteiger partial charge in [0.1, 0.15) is 0 Å². The van der Waals surface area contributed by atoms with E-state index in [0.29, 0.717) is 6.04 Å². The third kappa shape index (κ3) is 2.58. The zero-order chi connectivity index (χ0) is 11.4. The third-order valence-electron chi connectivity index (χ3n) is 3.53. The van der Waals surface area contributed by atoms with E-state index in [9.17, 15) is 0 Å². The molecule has 1 atom stereocenters. The van der Waals surface area contributed by atoms with E-state index in [0.717, 1.165) is 17.2 Å². The van der Waals surface area contributed by atoms with E-state index in [1.807, 2.05) is 18.2 Å². The summed E-state index contributed by atoms with van der Waals surface area (Å²) < 4.78 is 0. The molecule has 2 rings (SSSR count). The summed E-state index contributed by atoms with van der Waals surface area (Å²) in [6, 6.07) is 8.66. The zero-order valence-corrected chi connectivity index (χ0v) is 9.87. The van der Waals surface area contributed by atoms with Gasteiger partial charge in [0.2, 0.25) is 0 Å². The minimum Gasteiger partial charge on any atom is -0.382 e. The Bertz CT molecular complexity index is 383. The molecule has 0 saturated heterocycles. The van der Waals surface area contributed by atoms with Crippen LogP contribution in [-0.2, 0) is 0 Å². The van der Waals surface area contributed by atoms with Crippen molar-refractivity contribution in [3.63, 3.8) is 0 Å². The Morgan fingerprint density at radius 1 is 1.38 bits per heavy atom. The highest BCUT2D eigenvalue weighted by atomic mass is 14.9. The van der Waals surface area contributed by atoms with Crippen LogP contribution < -0.4 is 5.32 Å². The fourth-order valence-corrected chi connectivity index (χ4v) is 2.54. The van der Waals surface area contributed by atoms with Crippen LogP contribution in [0.1, 0.15) is 38.2 Å². The minimum atomic E-state index is 0.551. The van der Waals surface area contributed by atoms with Gasteiger partial charge in [-0.3, -0.25) is 0 Å². The molecule has 1 N–H and O–H groups in total. The van der Waals surface area contributed by atoms with Gasteiger partial charge < -0.3 is 5.32 Å². The van der Waals surface area contributed by atoms with E-state index >= 15 is 0 Å². The summed E-state index contributed by atoms with van der Waals surface area (Å²) in [7, 11) is 0. The number of benzene rings is 1. The van der Waals surface area contributed by atoms with Gasteiger partial charge in [-0.25, -0.2) is 0 Å². The van der Waals surface area contributed by atoms with Gasteiger partial charge in [-0.1, -0.05) is 24.8 Å². The first-order chi connectivity index (χ1) is 7.79. The molecule has 0 aliphatic heterocycles. The van der Waals surface area contributed by atoms with Crippen molar-refractivity contribution in [2.45, 2.75) is 38.6 Å². The maximum absolute atomic E-state index is 5.39. The molecule has 1 aliphatic rings. The van der Waals surface area contributed by atoms with Crippen molar-refractivity contribution in [1.82, 2.24) is 0 Å². The molecule has 16 heavy (non-hydrogen) atoms. The quantitative estimate of drug-likeness (QED) is 0.756. The predicted molar refractivity (Wildman–Crippen MR) is 69.4 cm³/mol. The van der Waals surface area contributed by atoms with Crippen LogP contribution in [0.2, 0.25) is 0 Å². The number of hydrogen-bond donors (Lipinski definition) is 1. The normalized spacial score (nSPS) is 18.0. The second-order valence-electron chi connectivity index (χ2n) is 4.70. The average molecular weight is 213 g/mol. The van der Waals surface area contributed by atoms with Crippen molar-refractivity contribution in [1.29, 1.82) is 0 Å². The van der Waals surface area contributed by atoms with Gasteiger partial charge in [0.15, 0.2) is 0 Å². The Morgan fingerprint density at radius 3 is 2.81 bits per heavy atom. The van der Waals surface area contributed by atoms with Gasteiger partial charge in [-0.15, -0.1) is 6.42 Å². The van der Waals surface area contributed by atoms with Crippen LogP contribution >= 0.6 is 0 Å². The monoisotopic (exact) mass is 213 g/mol. The van der Waals surface area contributed by atoms with E-state index in [4.69, 9.17) is 6.42 Å². The molecule has 1 nitrogen and oxygen atoms in total. The molecule has 0 aromatic heterocycles. The molecule has 0 radical (unpaired) electrons. The molecule has 0 amide bonds. The maximum Gasteiger partial charge on any atom is 0.0354 e. The Labute approximate surface area is 98.3 Å². The van der Waals surface area contributed by atoms with Crippen LogP contribution in [0.25, 0.3) is 0 Å². The summed E-state index contributed by atoms with van der Waals surface area (Å²) in [5.74, 6) is 3.50. The number of anilines is 1. The number of nitrogens with one attached hydrogen (secondary N) is 1. The van der Waals surface area contributed by atoms with E-state index in [1.165, 1.54) is 25.7 Å². The van der Waals surface area contributed by atoms with E-state index < -0.39 is 0 Å². The zero-order valence-electron chi connectivity index (χ0n) is 9.87. The molecule has 1 aliphatic carbocycles. The van der Waals surface area contributed by atoms with E-state index in [2.05, 4.69) is 24.2 Å². The molecular weight excluding hydrogens is 194 g/mol. The summed E-state index contributed by atoms with van der Waals surface area (Å²) in [6.45, 7) is 2.28. The molecule has 1 aromatic rings. The molecule has 0 heterocycles. The van der Waals surface area contributed by atoms with Crippen molar-refractivity contribution >= 4 is 5.69 Å². The maximum atomic E-state index is 5.39. The highest BCUT2D eigenvalue weighted by Crippen LogP contribution is 2.29. The molecule has 1 saturated carbocycles. The average Bonchev–Trinajstić information content (AvgIpc) is 2.83. The fourth-order valence-electron chi connectivity index (χ4n) is 2.54. The minimum absolute atomic E-state index is 0.551. The standard InChI is InChI=1S/C15H19N/c1-3-13-7-6-10-15(11-13)16-12(2)14-8-4-5-9-14/h1,6-7,10-12,14,16H,4-5,8-9H2,2H3. The van der Waals surface area contributed by atoms with Gasteiger partial charge in [0.05, 0.1) is 0 Å². The fraction of sp³-hybridized carbons (Fsp3) is 0.467. The second-order valence-corrected chi connectivity index (χ2v) is 4.70. The summed E-state index contributed by atoms with van der Waals surface area (Å²) in [5.41, 5.74) is 2.10. The first-order valence-electron chi connectivity index (χ1n) is 6.13. The largest absolute Gasteiger partial charge is 0.382 e. The SMILES string of the molecule is C#Cc1cccc(NC(C)C2CCCC2)c1. The van der Waals surface area contributed by atoms with Gasteiger partial charge in [-0.05, 0) is 43.9 Å². The molecule has 0 spiro atoms. The van der Waals surface area contributed by atoms with Crippen LogP contribution in [0.5, 0.6) is 0 Å². The molecule has 0 bridgehead atoms. The lowest BCUT2D eigenvalue weighted by molar-refractivity contribution is 0.482. The molecular formula is C15H19N. The van der Waals surface area contributed by atoms with Gasteiger partial charge in [-0.2, -0.15) is 0 Å². The van der Waals surface area contributed by atoms with Gasteiger partial charge in [0, 0.05) is 17.3 Å². The number of terminal acetylenes is 1. The van der Waals surface area contributed by atoms with Crippen LogP contribution in [0.3, 0.4) is 0 Å². The lowest BCUT2D eigenvalue weighted by Crippen LogP contribution is -2.23. The smallest absolute Gasteiger partial charge is 0.0354 e. The highest BCUT2D eigenvalue weighted by molar-refractivity contribution is 5.50. The summed E-state index contributed by atoms with van der Waals surface area (Å²) in [4.78, 5) is 0. The predicted octanol–water partition coefficient (Wildman–Crippen LogP) is 3.66. The van der Waals surface area contributed by atoms with Crippen LogP contribution in [0, 0.1) is 18.3 Å². The lowest BCUT2D eigenvalue weighted by atomic mass is 9.99. The topological polar surface area (TPSA) is 12.0 Å². The Balaban J connectivity index is 2.00. The summed E-state index contributed by atoms with van der Waals surface area (Å²) in [6.07, 6.45) is 10.9. The second kappa shape index (κ2) is 5.07. The Hall–Kier alpha value is -1.42. The van der Waals surface area contributed by atoms with Gasteiger partial charge >= 0.3 is 0 Å². The van der Waals surface area contributed by atoms with Crippen LogP contribution in [0.15, 0.2) is 24.3 Å². The molecule has 84 valence electrons. The lowest BCUT2D eigenvalue weighted by Gasteiger charge is -2.21. The molecule has 1 aromatic carbocycles. The van der Waals surface area contributed by atoms with Crippen molar-refractivity contribution in [2.75, 3.05) is 5.32 Å². The third-order valence-corrected chi connectivity index (χ3v) is 3.53. The van der Waals surface area contributed by atoms with E-state index in [-0.39, 0.29) is 0 Å². The van der Waals surface area contributed by atoms with Crippen LogP contribution in [-0.4, -0.2) is 6.04 Å². The Kier molecular flexibility index (Phi) is 3.51. The summed E-state index contributed by atoms with van der Waals surface area (Å²) in [5, 5.41) is 3.56.